The van der Waals surface area contributed by atoms with Gasteiger partial charge < -0.3 is 84.4 Å². The number of aliphatic hydroxyl groups excluding tert-OH is 1. The number of aromatic hydroxyl groups is 1. The molecule has 2 aromatic heterocycles. The third-order valence-electron chi connectivity index (χ3n) is 14.4. The van der Waals surface area contributed by atoms with Gasteiger partial charge >= 0.3 is 0 Å². The predicted octanol–water partition coefficient (Wildman–Crippen LogP) is -2.46. The van der Waals surface area contributed by atoms with E-state index in [1.807, 2.05) is 0 Å². The van der Waals surface area contributed by atoms with Crippen LogP contribution in [0.1, 0.15) is 90.0 Å². The van der Waals surface area contributed by atoms with Gasteiger partial charge in [-0.15, -0.1) is 0 Å². The van der Waals surface area contributed by atoms with Crippen molar-refractivity contribution >= 4 is 75.9 Å². The van der Waals surface area contributed by atoms with Crippen LogP contribution in [0.2, 0.25) is 0 Å². The average molecular weight is 1170 g/mol. The van der Waals surface area contributed by atoms with Crippen LogP contribution in [0.5, 0.6) is 5.75 Å². The Morgan fingerprint density at radius 2 is 1.40 bits per heavy atom. The first-order valence-electron chi connectivity index (χ1n) is 27.9. The summed E-state index contributed by atoms with van der Waals surface area (Å²) in [7, 11) is 0. The molecule has 2 unspecified atom stereocenters. The Labute approximate surface area is 485 Å². The van der Waals surface area contributed by atoms with Gasteiger partial charge in [-0.1, -0.05) is 51.1 Å². The van der Waals surface area contributed by atoms with Crippen LogP contribution < -0.4 is 59.3 Å². The molecule has 2 aromatic carbocycles. The Bertz CT molecular complexity index is 3010. The fraction of sp³-hybridized carbons (Fsp3) is 0.500. The number of phenols is 1. The van der Waals surface area contributed by atoms with E-state index in [1.54, 1.807) is 58.2 Å². The quantitative estimate of drug-likeness (QED) is 0.0159. The number of aliphatic imine (C=N–C) groups is 1. The number of H-pyrrole nitrogens is 2. The molecule has 454 valence electrons. The summed E-state index contributed by atoms with van der Waals surface area (Å²) in [6.45, 7) is 7.90. The Morgan fingerprint density at radius 3 is 2.04 bits per heavy atom. The number of nitrogens with zero attached hydrogens (tertiary/aromatic N) is 3. The van der Waals surface area contributed by atoms with Crippen molar-refractivity contribution in [1.82, 2.24) is 67.7 Å². The number of aliphatic hydroxyl groups is 1. The molecular weight excluding hydrogens is 1090 g/mol. The Balaban J connectivity index is 1.18. The van der Waals surface area contributed by atoms with Crippen LogP contribution in [0, 0.1) is 5.41 Å². The first kappa shape index (κ1) is 64.1. The summed E-state index contributed by atoms with van der Waals surface area (Å²) >= 11 is 0. The molecule has 6 rings (SSSR count). The van der Waals surface area contributed by atoms with Crippen LogP contribution in [0.3, 0.4) is 0 Å². The number of fused-ring (bicyclic) bond motifs is 1. The zero-order chi connectivity index (χ0) is 61.3. The molecule has 10 amide bonds. The molecule has 2 aliphatic rings. The van der Waals surface area contributed by atoms with Crippen molar-refractivity contribution < 1.29 is 58.2 Å². The number of likely N-dealkylation sites (tertiary alicyclic amines) is 1. The monoisotopic (exact) mass is 1170 g/mol. The highest BCUT2D eigenvalue weighted by Gasteiger charge is 2.41. The highest BCUT2D eigenvalue weighted by molar-refractivity contribution is 5.99. The molecule has 17 N–H and O–H groups in total. The fourth-order valence-corrected chi connectivity index (χ4v) is 9.86. The van der Waals surface area contributed by atoms with Gasteiger partial charge in [-0.25, -0.2) is 4.98 Å². The van der Waals surface area contributed by atoms with Gasteiger partial charge in [-0.2, -0.15) is 0 Å². The summed E-state index contributed by atoms with van der Waals surface area (Å²) in [5.41, 5.74) is 12.2. The number of guanidine groups is 1. The standard InChI is InChI=1S/C56H78N16O12/c1-6-60-52(82)43-14-10-22-72(43)54(84)38(13-9-21-61-55(57)58)66-53(83)45(56(3,4)5)71-46(76)30(2)64-48(78)39(23-31-15-17-34(74)18-16-31)67-51(81)42(28-73)70-49(79)40(24-32-26-62-36-12-8-7-11-35(32)36)68-50(80)41(25-33-27-59-29-63-33)69-47(77)37-19-20-44(75)65-37/h7-8,11-12,15-18,26-27,29-30,37-43,45,62,73-74H,6,9-10,13-14,19-25,28H2,1-5H3,(H,59,63)(H,60,82)(H,64,78)(H,65,75)(H,66,83)(H,67,81)(H,68,80)(H,69,77)(H,70,79)(H,71,76)(H4,57,58,61)/t30?,37-,38-,39-,40-,41-,42-,43?,45+/m0/s1. The third-order valence-corrected chi connectivity index (χ3v) is 14.4. The third kappa shape index (κ3) is 18.0. The highest BCUT2D eigenvalue weighted by atomic mass is 16.3. The van der Waals surface area contributed by atoms with E-state index in [0.717, 1.165) is 5.52 Å². The number of nitrogens with two attached hydrogens (primary N) is 2. The number of nitrogens with one attached hydrogen (secondary N) is 11. The lowest BCUT2D eigenvalue weighted by Gasteiger charge is -2.34. The van der Waals surface area contributed by atoms with Crippen LogP contribution in [0.25, 0.3) is 10.9 Å². The zero-order valence-corrected chi connectivity index (χ0v) is 47.7. The van der Waals surface area contributed by atoms with Gasteiger partial charge in [0.2, 0.25) is 59.1 Å². The minimum Gasteiger partial charge on any atom is -0.508 e. The molecule has 28 heteroatoms. The van der Waals surface area contributed by atoms with Crippen LogP contribution >= 0.6 is 0 Å². The maximum atomic E-state index is 14.5. The van der Waals surface area contributed by atoms with Crippen molar-refractivity contribution in [3.8, 4) is 5.75 Å². The predicted molar refractivity (Wildman–Crippen MR) is 306 cm³/mol. The van der Waals surface area contributed by atoms with Crippen molar-refractivity contribution in [1.29, 1.82) is 0 Å². The van der Waals surface area contributed by atoms with Crippen LogP contribution in [-0.2, 0) is 67.2 Å². The summed E-state index contributed by atoms with van der Waals surface area (Å²) in [6.07, 6.45) is 5.61. The molecule has 0 saturated carbocycles. The molecule has 28 nitrogen and oxygen atoms in total. The van der Waals surface area contributed by atoms with Crippen molar-refractivity contribution in [2.75, 3.05) is 26.2 Å². The van der Waals surface area contributed by atoms with Gasteiger partial charge in [0.15, 0.2) is 5.96 Å². The Kier molecular flexibility index (Phi) is 22.7. The molecule has 2 saturated heterocycles. The number of likely N-dealkylation sites (N-methyl/N-ethyl adjacent to an activating group) is 1. The maximum absolute atomic E-state index is 14.5. The van der Waals surface area contributed by atoms with Crippen LogP contribution in [-0.4, -0.2) is 176 Å². The summed E-state index contributed by atoms with van der Waals surface area (Å²) in [4.78, 5) is 154. The van der Waals surface area contributed by atoms with Crippen molar-refractivity contribution in [3.63, 3.8) is 0 Å². The minimum absolute atomic E-state index is 0.0764. The number of rotatable bonds is 28. The summed E-state index contributed by atoms with van der Waals surface area (Å²) < 4.78 is 0. The van der Waals surface area contributed by atoms with E-state index < -0.39 is 114 Å². The normalized spacial score (nSPS) is 17.4. The van der Waals surface area contributed by atoms with Gasteiger partial charge in [0.25, 0.3) is 0 Å². The van der Waals surface area contributed by atoms with E-state index in [2.05, 4.69) is 67.8 Å². The average Bonchev–Trinajstić information content (AvgIpc) is 4.00. The van der Waals surface area contributed by atoms with Gasteiger partial charge in [0.1, 0.15) is 60.1 Å². The lowest BCUT2D eigenvalue weighted by molar-refractivity contribution is -0.142. The molecule has 9 atom stereocenters. The van der Waals surface area contributed by atoms with E-state index >= 15 is 0 Å². The van der Waals surface area contributed by atoms with Gasteiger partial charge in [0.05, 0.1) is 12.9 Å². The van der Waals surface area contributed by atoms with E-state index in [9.17, 15) is 58.2 Å². The second-order valence-electron chi connectivity index (χ2n) is 21.9. The number of hydrogen-bond donors (Lipinski definition) is 15. The zero-order valence-electron chi connectivity index (χ0n) is 47.7. The number of aromatic amines is 2. The summed E-state index contributed by atoms with van der Waals surface area (Å²) in [5.74, 6) is -7.35. The van der Waals surface area contributed by atoms with Crippen LogP contribution in [0.4, 0.5) is 0 Å². The number of para-hydroxylation sites is 1. The first-order chi connectivity index (χ1) is 39.9. The number of amides is 10. The van der Waals surface area contributed by atoms with Gasteiger partial charge in [-0.3, -0.25) is 52.9 Å². The number of benzene rings is 2. The van der Waals surface area contributed by atoms with Crippen LogP contribution in [0.15, 0.2) is 72.2 Å². The molecule has 0 bridgehead atoms. The SMILES string of the molecule is CCNC(=O)C1CCCN1C(=O)[C@H](CCCN=C(N)N)NC(=O)[C@@H](NC(=O)C(C)NC(=O)[C@H](Cc1ccc(O)cc1)NC(=O)[C@H](CO)NC(=O)[C@H](Cc1c[nH]c2ccccc12)NC(=O)[C@H](Cc1cnc[nH]1)NC(=O)[C@@H]1CCC(=O)N1)C(C)(C)C. The molecule has 0 aliphatic carbocycles. The van der Waals surface area contributed by atoms with E-state index in [-0.39, 0.29) is 81.6 Å². The number of aromatic nitrogens is 3. The molecule has 2 aliphatic heterocycles. The number of carbonyl (C=O) groups excluding carboxylic acids is 10. The maximum Gasteiger partial charge on any atom is 0.245 e. The van der Waals surface area contributed by atoms with E-state index in [0.29, 0.717) is 41.6 Å². The Morgan fingerprint density at radius 1 is 0.762 bits per heavy atom. The molecule has 2 fully saturated rings. The second-order valence-corrected chi connectivity index (χ2v) is 21.9. The molecule has 0 radical (unpaired) electrons. The van der Waals surface area contributed by atoms with Gasteiger partial charge in [0, 0.05) is 74.3 Å². The number of imidazole rings is 1. The van der Waals surface area contributed by atoms with E-state index in [4.69, 9.17) is 11.5 Å². The van der Waals surface area contributed by atoms with Crippen molar-refractivity contribution in [2.45, 2.75) is 147 Å². The molecule has 84 heavy (non-hydrogen) atoms. The minimum atomic E-state index is -1.75. The lowest BCUT2D eigenvalue weighted by Crippen LogP contribution is -2.62. The molecular formula is C56H78N16O12. The number of hydrogen-bond acceptors (Lipinski definition) is 14. The largest absolute Gasteiger partial charge is 0.508 e. The summed E-state index contributed by atoms with van der Waals surface area (Å²) in [5, 5.41) is 45.3. The smallest absolute Gasteiger partial charge is 0.245 e. The van der Waals surface area contributed by atoms with Crippen molar-refractivity contribution in [2.24, 2.45) is 21.9 Å². The fourth-order valence-electron chi connectivity index (χ4n) is 9.86. The van der Waals surface area contributed by atoms with Crippen molar-refractivity contribution in [3.05, 3.63) is 84.1 Å². The highest BCUT2D eigenvalue weighted by Crippen LogP contribution is 2.24. The van der Waals surface area contributed by atoms with E-state index in [1.165, 1.54) is 48.6 Å². The first-order valence-corrected chi connectivity index (χ1v) is 27.9. The molecule has 4 aromatic rings. The second kappa shape index (κ2) is 29.8. The summed E-state index contributed by atoms with van der Waals surface area (Å²) in [6, 6.07) is 1.35. The number of carbonyl (C=O) groups is 10. The number of phenolic OH excluding ortho intramolecular Hbond substituents is 1. The topological polar surface area (TPSA) is 432 Å². The van der Waals surface area contributed by atoms with Gasteiger partial charge in [-0.05, 0) is 80.7 Å². The molecule has 4 heterocycles. The Hall–Kier alpha value is -9.08. The molecule has 0 spiro atoms. The lowest BCUT2D eigenvalue weighted by atomic mass is 9.85.